The monoisotopic (exact) mass is 454 g/mol. The maximum absolute atomic E-state index is 11.1. The minimum Gasteiger partial charge on any atom is -0.378 e. The predicted octanol–water partition coefficient (Wildman–Crippen LogP) is 3.46. The smallest absolute Gasteiger partial charge is 0.271 e. The molecule has 0 atom stereocenters. The number of rotatable bonds is 7. The normalized spacial score (nSPS) is 13.8. The van der Waals surface area contributed by atoms with Crippen LogP contribution < -0.4 is 15.6 Å². The molecular weight excluding hydrogens is 436 g/mol. The van der Waals surface area contributed by atoms with Gasteiger partial charge in [-0.3, -0.25) is 10.1 Å². The summed E-state index contributed by atoms with van der Waals surface area (Å²) in [4.78, 5) is 25.8. The fraction of sp³-hybridized carbons (Fsp3) is 0.200. The van der Waals surface area contributed by atoms with Crippen LogP contribution in [0.5, 0.6) is 0 Å². The minimum atomic E-state index is -0.463. The van der Waals surface area contributed by atoms with E-state index in [0.717, 1.165) is 5.56 Å². The van der Waals surface area contributed by atoms with E-state index in [4.69, 9.17) is 16.3 Å². The topological polar surface area (TPSA) is 131 Å². The second-order valence-corrected chi connectivity index (χ2v) is 7.18. The summed E-state index contributed by atoms with van der Waals surface area (Å²) < 4.78 is 5.39. The van der Waals surface area contributed by atoms with Gasteiger partial charge in [-0.15, -0.1) is 0 Å². The number of nitrogens with zero attached hydrogens (tertiary/aromatic N) is 6. The highest BCUT2D eigenvalue weighted by Crippen LogP contribution is 2.22. The van der Waals surface area contributed by atoms with Crippen LogP contribution in [0, 0.1) is 10.1 Å². The van der Waals surface area contributed by atoms with Gasteiger partial charge in [0.15, 0.2) is 0 Å². The van der Waals surface area contributed by atoms with Gasteiger partial charge in [0.25, 0.3) is 5.69 Å². The van der Waals surface area contributed by atoms with Crippen LogP contribution in [0.3, 0.4) is 0 Å². The highest BCUT2D eigenvalue weighted by Gasteiger charge is 2.17. The Balaban J connectivity index is 1.59. The number of nitrogens with one attached hydrogen (secondary N) is 2. The zero-order valence-electron chi connectivity index (χ0n) is 16.8. The summed E-state index contributed by atoms with van der Waals surface area (Å²) in [6, 6.07) is 13.3. The summed E-state index contributed by atoms with van der Waals surface area (Å²) in [5, 5.41) is 18.8. The summed E-state index contributed by atoms with van der Waals surface area (Å²) in [7, 11) is 0. The van der Waals surface area contributed by atoms with Crippen LogP contribution in [0.1, 0.15) is 5.56 Å². The molecule has 1 aliphatic rings. The lowest BCUT2D eigenvalue weighted by Gasteiger charge is -2.27. The molecule has 1 fully saturated rings. The lowest BCUT2D eigenvalue weighted by atomic mass is 10.2. The lowest BCUT2D eigenvalue weighted by molar-refractivity contribution is -0.384. The highest BCUT2D eigenvalue weighted by molar-refractivity contribution is 6.30. The third kappa shape index (κ3) is 5.65. The highest BCUT2D eigenvalue weighted by atomic mass is 35.5. The Kier molecular flexibility index (Phi) is 6.68. The quantitative estimate of drug-likeness (QED) is 0.313. The molecule has 0 aliphatic carbocycles. The number of ether oxygens (including phenoxy) is 1. The van der Waals surface area contributed by atoms with Gasteiger partial charge >= 0.3 is 0 Å². The van der Waals surface area contributed by atoms with Crippen LogP contribution >= 0.6 is 11.6 Å². The van der Waals surface area contributed by atoms with Crippen molar-refractivity contribution in [3.05, 3.63) is 69.2 Å². The number of morpholine rings is 1. The third-order valence-electron chi connectivity index (χ3n) is 4.46. The molecule has 2 N–H and O–H groups in total. The van der Waals surface area contributed by atoms with E-state index in [9.17, 15) is 10.1 Å². The van der Waals surface area contributed by atoms with Crippen molar-refractivity contribution in [3.63, 3.8) is 0 Å². The third-order valence-corrected chi connectivity index (χ3v) is 4.69. The first-order valence-electron chi connectivity index (χ1n) is 9.72. The Labute approximate surface area is 188 Å². The van der Waals surface area contributed by atoms with E-state index in [1.807, 2.05) is 17.0 Å². The minimum absolute atomic E-state index is 0.0399. The van der Waals surface area contributed by atoms with Crippen molar-refractivity contribution in [1.82, 2.24) is 15.0 Å². The number of hydrazone groups is 1. The number of non-ortho nitro benzene ring substituents is 1. The molecule has 12 heteroatoms. The van der Waals surface area contributed by atoms with E-state index in [0.29, 0.717) is 43.0 Å². The number of halogens is 1. The van der Waals surface area contributed by atoms with Gasteiger partial charge in [-0.25, -0.2) is 5.43 Å². The number of nitro groups is 1. The maximum atomic E-state index is 11.1. The van der Waals surface area contributed by atoms with Crippen molar-refractivity contribution in [1.29, 1.82) is 0 Å². The molecule has 0 unspecified atom stereocenters. The van der Waals surface area contributed by atoms with Crippen molar-refractivity contribution in [3.8, 4) is 0 Å². The van der Waals surface area contributed by atoms with E-state index in [1.54, 1.807) is 30.5 Å². The molecule has 0 bridgehead atoms. The van der Waals surface area contributed by atoms with Gasteiger partial charge < -0.3 is 15.0 Å². The number of hydrogen-bond acceptors (Lipinski definition) is 10. The van der Waals surface area contributed by atoms with Gasteiger partial charge in [0, 0.05) is 35.9 Å². The van der Waals surface area contributed by atoms with Gasteiger partial charge in [-0.2, -0.15) is 20.1 Å². The molecule has 0 saturated carbocycles. The summed E-state index contributed by atoms with van der Waals surface area (Å²) in [6.07, 6.45) is 1.59. The van der Waals surface area contributed by atoms with Crippen LogP contribution in [-0.2, 0) is 4.74 Å². The molecule has 3 aromatic rings. The molecule has 0 spiro atoms. The summed E-state index contributed by atoms with van der Waals surface area (Å²) in [5.41, 5.74) is 4.05. The van der Waals surface area contributed by atoms with Crippen LogP contribution in [0.4, 0.5) is 29.2 Å². The number of hydrogen-bond donors (Lipinski definition) is 2. The van der Waals surface area contributed by atoms with Crippen molar-refractivity contribution < 1.29 is 9.66 Å². The molecule has 2 aromatic carbocycles. The molecule has 1 aliphatic heterocycles. The number of benzene rings is 2. The Bertz CT molecular complexity index is 1140. The standard InChI is InChI=1S/C20H19ClN8O3/c21-15-4-1-3-14(11-15)13-22-27-19-24-18(23-16-5-2-6-17(12-16)29(30)31)25-20(26-19)28-7-9-32-10-8-28/h1-6,11-13H,7-10H2,(H2,23,24,25,26,27)/b22-13+. The molecule has 164 valence electrons. The molecule has 32 heavy (non-hydrogen) atoms. The maximum Gasteiger partial charge on any atom is 0.271 e. The Hall–Kier alpha value is -3.83. The van der Waals surface area contributed by atoms with Gasteiger partial charge in [-0.1, -0.05) is 29.8 Å². The van der Waals surface area contributed by atoms with Crippen molar-refractivity contribution in [2.75, 3.05) is 41.9 Å². The first-order valence-corrected chi connectivity index (χ1v) is 10.1. The second-order valence-electron chi connectivity index (χ2n) is 6.74. The average molecular weight is 455 g/mol. The van der Waals surface area contributed by atoms with E-state index >= 15 is 0 Å². The van der Waals surface area contributed by atoms with Crippen LogP contribution in [0.2, 0.25) is 5.02 Å². The molecular formula is C20H19ClN8O3. The molecule has 0 amide bonds. The van der Waals surface area contributed by atoms with Gasteiger partial charge in [0.1, 0.15) is 0 Å². The number of nitro benzene ring substituents is 1. The summed E-state index contributed by atoms with van der Waals surface area (Å²) >= 11 is 5.99. The zero-order valence-corrected chi connectivity index (χ0v) is 17.6. The first kappa shape index (κ1) is 21.4. The fourth-order valence-electron chi connectivity index (χ4n) is 2.95. The largest absolute Gasteiger partial charge is 0.378 e. The average Bonchev–Trinajstić information content (AvgIpc) is 2.80. The van der Waals surface area contributed by atoms with Gasteiger partial charge in [0.2, 0.25) is 17.8 Å². The van der Waals surface area contributed by atoms with Crippen molar-refractivity contribution in [2.45, 2.75) is 0 Å². The van der Waals surface area contributed by atoms with Gasteiger partial charge in [-0.05, 0) is 23.8 Å². The summed E-state index contributed by atoms with van der Waals surface area (Å²) in [6.45, 7) is 2.39. The Morgan fingerprint density at radius 3 is 2.66 bits per heavy atom. The predicted molar refractivity (Wildman–Crippen MR) is 122 cm³/mol. The molecule has 0 radical (unpaired) electrons. The summed E-state index contributed by atoms with van der Waals surface area (Å²) in [5.74, 6) is 0.881. The van der Waals surface area contributed by atoms with Crippen LogP contribution in [0.25, 0.3) is 0 Å². The van der Waals surface area contributed by atoms with Crippen LogP contribution in [-0.4, -0.2) is 52.4 Å². The number of anilines is 4. The lowest BCUT2D eigenvalue weighted by Crippen LogP contribution is -2.37. The van der Waals surface area contributed by atoms with E-state index in [-0.39, 0.29) is 17.6 Å². The van der Waals surface area contributed by atoms with Gasteiger partial charge in [0.05, 0.1) is 24.4 Å². The zero-order chi connectivity index (χ0) is 22.3. The van der Waals surface area contributed by atoms with E-state index in [2.05, 4.69) is 30.8 Å². The molecule has 1 saturated heterocycles. The Morgan fingerprint density at radius 1 is 1.09 bits per heavy atom. The molecule has 1 aromatic heterocycles. The van der Waals surface area contributed by atoms with Crippen molar-refractivity contribution >= 4 is 47.0 Å². The van der Waals surface area contributed by atoms with Crippen molar-refractivity contribution in [2.24, 2.45) is 5.10 Å². The second kappa shape index (κ2) is 9.98. The van der Waals surface area contributed by atoms with E-state index in [1.165, 1.54) is 12.1 Å². The first-order chi connectivity index (χ1) is 15.6. The molecule has 4 rings (SSSR count). The van der Waals surface area contributed by atoms with Crippen LogP contribution in [0.15, 0.2) is 53.6 Å². The number of aromatic nitrogens is 3. The molecule has 2 heterocycles. The molecule has 11 nitrogen and oxygen atoms in total. The van der Waals surface area contributed by atoms with E-state index < -0.39 is 4.92 Å². The Morgan fingerprint density at radius 2 is 1.88 bits per heavy atom. The fourth-order valence-corrected chi connectivity index (χ4v) is 3.15. The SMILES string of the molecule is O=[N+]([O-])c1cccc(Nc2nc(N/N=C/c3cccc(Cl)c3)nc(N3CCOCC3)n2)c1.